The molecule has 0 fully saturated rings. The molecule has 0 unspecified atom stereocenters. The van der Waals surface area contributed by atoms with E-state index in [4.69, 9.17) is 23.8 Å². The Bertz CT molecular complexity index is 1160. The second-order valence-electron chi connectivity index (χ2n) is 7.80. The fourth-order valence-electron chi connectivity index (χ4n) is 4.12. The second kappa shape index (κ2) is 11.0. The average Bonchev–Trinajstić information content (AvgIpc) is 2.92. The summed E-state index contributed by atoms with van der Waals surface area (Å²) in [6, 6.07) is 24.0. The van der Waals surface area contributed by atoms with Crippen LogP contribution >= 0.6 is 0 Å². The summed E-state index contributed by atoms with van der Waals surface area (Å²) in [5, 5.41) is 1.74. The topological polar surface area (TPSA) is 66.5 Å². The maximum Gasteiger partial charge on any atom is 0.340 e. The van der Waals surface area contributed by atoms with E-state index in [1.165, 1.54) is 7.11 Å². The van der Waals surface area contributed by atoms with Crippen LogP contribution in [0.4, 0.5) is 5.69 Å². The average molecular weight is 476 g/mol. The fraction of sp³-hybridized carbons (Fsp3) is 0.250. The Morgan fingerprint density at radius 3 is 1.89 bits per heavy atom. The largest absolute Gasteiger partial charge is 0.497 e. The first-order valence-electron chi connectivity index (χ1n) is 11.3. The molecule has 0 saturated heterocycles. The number of rotatable bonds is 8. The van der Waals surface area contributed by atoms with Crippen molar-refractivity contribution in [3.63, 3.8) is 0 Å². The van der Waals surface area contributed by atoms with Crippen LogP contribution in [0, 0.1) is 0 Å². The molecule has 3 aromatic carbocycles. The molecule has 2 atom stereocenters. The van der Waals surface area contributed by atoms with Crippen molar-refractivity contribution in [1.82, 2.24) is 0 Å². The van der Waals surface area contributed by atoms with E-state index >= 15 is 0 Å². The van der Waals surface area contributed by atoms with Crippen LogP contribution in [0.5, 0.6) is 11.5 Å². The van der Waals surface area contributed by atoms with Crippen LogP contribution in [0.25, 0.3) is 0 Å². The zero-order chi connectivity index (χ0) is 24.8. The number of para-hydroxylation sites is 1. The number of hydrogen-bond donors (Lipinski definition) is 0. The third-order valence-corrected chi connectivity index (χ3v) is 5.81. The molecule has 0 radical (unpaired) electrons. The molecule has 4 rings (SSSR count). The maximum atomic E-state index is 13.4. The van der Waals surface area contributed by atoms with Crippen molar-refractivity contribution in [2.45, 2.75) is 19.1 Å². The molecule has 1 aliphatic heterocycles. The fourth-order valence-corrected chi connectivity index (χ4v) is 4.12. The standard InChI is InChI=1S/C28H29NO6/c1-5-34-28(30)24-25(19-11-15-22(31-2)16-12-19)29(21-9-7-6-8-10-21)35-26(27(24)33-4)20-13-17-23(32-3)18-14-20/h6-18,25-26H,5H2,1-4H3/t25-,26+/m0/s1. The van der Waals surface area contributed by atoms with E-state index in [9.17, 15) is 4.79 Å². The summed E-state index contributed by atoms with van der Waals surface area (Å²) in [5.41, 5.74) is 2.78. The van der Waals surface area contributed by atoms with Crippen molar-refractivity contribution < 1.29 is 28.6 Å². The van der Waals surface area contributed by atoms with Crippen molar-refractivity contribution in [3.8, 4) is 11.5 Å². The van der Waals surface area contributed by atoms with Gasteiger partial charge in [-0.05, 0) is 54.4 Å². The number of carbonyl (C=O) groups excluding carboxylic acids is 1. The number of methoxy groups -OCH3 is 3. The summed E-state index contributed by atoms with van der Waals surface area (Å²) in [6.07, 6.45) is -0.681. The van der Waals surface area contributed by atoms with Gasteiger partial charge in [-0.1, -0.05) is 42.5 Å². The van der Waals surface area contributed by atoms with Crippen LogP contribution in [-0.2, 0) is 19.1 Å². The summed E-state index contributed by atoms with van der Waals surface area (Å²) >= 11 is 0. The highest BCUT2D eigenvalue weighted by Crippen LogP contribution is 2.46. The van der Waals surface area contributed by atoms with Gasteiger partial charge in [-0.3, -0.25) is 4.84 Å². The first-order valence-corrected chi connectivity index (χ1v) is 11.3. The normalized spacial score (nSPS) is 17.7. The van der Waals surface area contributed by atoms with Crippen LogP contribution in [0.1, 0.15) is 30.2 Å². The minimum atomic E-state index is -0.681. The van der Waals surface area contributed by atoms with Gasteiger partial charge < -0.3 is 18.9 Å². The van der Waals surface area contributed by atoms with Gasteiger partial charge in [-0.2, -0.15) is 0 Å². The lowest BCUT2D eigenvalue weighted by molar-refractivity contribution is -0.140. The summed E-state index contributed by atoms with van der Waals surface area (Å²) < 4.78 is 22.0. The highest BCUT2D eigenvalue weighted by atomic mass is 16.7. The molecule has 0 amide bonds. The highest BCUT2D eigenvalue weighted by molar-refractivity contribution is 5.92. The first kappa shape index (κ1) is 24.2. The van der Waals surface area contributed by atoms with E-state index in [1.54, 1.807) is 26.2 Å². The molecule has 0 spiro atoms. The Kier molecular flexibility index (Phi) is 7.57. The zero-order valence-corrected chi connectivity index (χ0v) is 20.3. The van der Waals surface area contributed by atoms with Gasteiger partial charge in [-0.15, -0.1) is 0 Å². The molecule has 1 heterocycles. The van der Waals surface area contributed by atoms with Crippen LogP contribution in [-0.4, -0.2) is 33.9 Å². The molecular weight excluding hydrogens is 446 g/mol. The van der Waals surface area contributed by atoms with Crippen molar-refractivity contribution in [3.05, 3.63) is 101 Å². The SMILES string of the molecule is CCOC(=O)C1=C(OC)[C@@H](c2ccc(OC)cc2)ON(c2ccccc2)[C@H]1c1ccc(OC)cc1. The molecule has 35 heavy (non-hydrogen) atoms. The van der Waals surface area contributed by atoms with Gasteiger partial charge in [0.2, 0.25) is 0 Å². The molecule has 0 N–H and O–H groups in total. The van der Waals surface area contributed by atoms with Crippen molar-refractivity contribution >= 4 is 11.7 Å². The molecule has 0 aliphatic carbocycles. The van der Waals surface area contributed by atoms with E-state index in [1.807, 2.05) is 78.9 Å². The number of hydroxylamine groups is 1. The molecule has 0 bridgehead atoms. The van der Waals surface area contributed by atoms with Crippen molar-refractivity contribution in [2.24, 2.45) is 0 Å². The molecule has 1 aliphatic rings. The minimum Gasteiger partial charge on any atom is -0.497 e. The van der Waals surface area contributed by atoms with E-state index in [2.05, 4.69) is 0 Å². The van der Waals surface area contributed by atoms with Crippen LogP contribution in [0.3, 0.4) is 0 Å². The zero-order valence-electron chi connectivity index (χ0n) is 20.3. The van der Waals surface area contributed by atoms with Gasteiger partial charge in [-0.25, -0.2) is 9.86 Å². The predicted molar refractivity (Wildman–Crippen MR) is 132 cm³/mol. The molecule has 0 saturated carbocycles. The monoisotopic (exact) mass is 475 g/mol. The number of anilines is 1. The second-order valence-corrected chi connectivity index (χ2v) is 7.80. The lowest BCUT2D eigenvalue weighted by Gasteiger charge is -2.41. The quantitative estimate of drug-likeness (QED) is 0.404. The molecule has 7 nitrogen and oxygen atoms in total. The Balaban J connectivity index is 1.93. The Hall–Kier alpha value is -3.97. The number of ether oxygens (including phenoxy) is 4. The van der Waals surface area contributed by atoms with Gasteiger partial charge in [0.15, 0.2) is 6.10 Å². The van der Waals surface area contributed by atoms with E-state index in [-0.39, 0.29) is 6.61 Å². The van der Waals surface area contributed by atoms with Crippen molar-refractivity contribution in [1.29, 1.82) is 0 Å². The summed E-state index contributed by atoms with van der Waals surface area (Å²) in [6.45, 7) is 2.01. The number of benzene rings is 3. The number of esters is 1. The number of carbonyl (C=O) groups is 1. The van der Waals surface area contributed by atoms with Gasteiger partial charge >= 0.3 is 5.97 Å². The number of nitrogens with zero attached hydrogens (tertiary/aromatic N) is 1. The minimum absolute atomic E-state index is 0.230. The van der Waals surface area contributed by atoms with Crippen LogP contribution in [0.2, 0.25) is 0 Å². The number of hydrogen-bond acceptors (Lipinski definition) is 7. The summed E-state index contributed by atoms with van der Waals surface area (Å²) in [4.78, 5) is 20.0. The smallest absolute Gasteiger partial charge is 0.340 e. The van der Waals surface area contributed by atoms with E-state index in [0.29, 0.717) is 22.8 Å². The highest BCUT2D eigenvalue weighted by Gasteiger charge is 2.43. The molecule has 182 valence electrons. The van der Waals surface area contributed by atoms with Crippen molar-refractivity contribution in [2.75, 3.05) is 33.0 Å². The summed E-state index contributed by atoms with van der Waals surface area (Å²) in [7, 11) is 4.77. The van der Waals surface area contributed by atoms with Crippen LogP contribution < -0.4 is 14.5 Å². The Morgan fingerprint density at radius 1 is 0.800 bits per heavy atom. The van der Waals surface area contributed by atoms with E-state index in [0.717, 1.165) is 16.8 Å². The maximum absolute atomic E-state index is 13.4. The third-order valence-electron chi connectivity index (χ3n) is 5.81. The van der Waals surface area contributed by atoms with Gasteiger partial charge in [0.25, 0.3) is 0 Å². The van der Waals surface area contributed by atoms with Gasteiger partial charge in [0.05, 0.1) is 33.6 Å². The molecule has 0 aromatic heterocycles. The Morgan fingerprint density at radius 2 is 1.37 bits per heavy atom. The van der Waals surface area contributed by atoms with E-state index < -0.39 is 18.1 Å². The van der Waals surface area contributed by atoms with Gasteiger partial charge in [0, 0.05) is 0 Å². The lowest BCUT2D eigenvalue weighted by Crippen LogP contribution is -2.40. The first-order chi connectivity index (χ1) is 17.1. The third kappa shape index (κ3) is 4.95. The summed E-state index contributed by atoms with van der Waals surface area (Å²) in [5.74, 6) is 1.35. The lowest BCUT2D eigenvalue weighted by atomic mass is 9.91. The molecule has 3 aromatic rings. The Labute approximate surface area is 205 Å². The predicted octanol–water partition coefficient (Wildman–Crippen LogP) is 5.40. The van der Waals surface area contributed by atoms with Crippen LogP contribution in [0.15, 0.2) is 90.2 Å². The molecule has 7 heteroatoms. The molecular formula is C28H29NO6. The van der Waals surface area contributed by atoms with Gasteiger partial charge in [0.1, 0.15) is 28.9 Å².